The van der Waals surface area contributed by atoms with Crippen LogP contribution in [-0.4, -0.2) is 143 Å². The number of rotatable bonds is 13. The van der Waals surface area contributed by atoms with Crippen molar-refractivity contribution in [3.05, 3.63) is 0 Å². The Morgan fingerprint density at radius 3 is 1.22 bits per heavy atom. The molecule has 0 radical (unpaired) electrons. The van der Waals surface area contributed by atoms with E-state index in [1.54, 1.807) is 4.90 Å². The molecule has 1 saturated carbocycles. The number of aliphatic hydroxyl groups excluding tert-OH is 10. The van der Waals surface area contributed by atoms with Crippen LogP contribution in [0, 0.1) is 0 Å². The summed E-state index contributed by atoms with van der Waals surface area (Å²) in [5.41, 5.74) is 5.91. The van der Waals surface area contributed by atoms with E-state index in [0.29, 0.717) is 25.7 Å². The molecule has 1 aliphatic carbocycles. The maximum absolute atomic E-state index is 10.3. The molecule has 12 N–H and O–H groups in total. The van der Waals surface area contributed by atoms with Crippen molar-refractivity contribution in [1.82, 2.24) is 4.90 Å². The summed E-state index contributed by atoms with van der Waals surface area (Å²) in [6.07, 6.45) is -11.0. The van der Waals surface area contributed by atoms with Gasteiger partial charge in [0, 0.05) is 25.2 Å². The Bertz CT molecular complexity index is 449. The van der Waals surface area contributed by atoms with Crippen LogP contribution in [-0.2, 0) is 0 Å². The lowest BCUT2D eigenvalue weighted by molar-refractivity contribution is -0.134. The first-order chi connectivity index (χ1) is 14.0. The highest BCUT2D eigenvalue weighted by atomic mass is 35.5. The van der Waals surface area contributed by atoms with E-state index in [0.717, 1.165) is 0 Å². The SMILES string of the molecule is Cl.Cl.NC1CCC(N(C[C@H](O)[C@@H](O)[C@H](O)[C@H](O)CO)C[C@H](O)[C@@H](O)[C@H](O)[C@@H](O)CO)CC1. The topological polar surface area (TPSA) is 232 Å². The molecule has 0 bridgehead atoms. The van der Waals surface area contributed by atoms with Crippen molar-refractivity contribution in [3.63, 3.8) is 0 Å². The van der Waals surface area contributed by atoms with Crippen molar-refractivity contribution in [2.45, 2.75) is 86.6 Å². The Hall–Kier alpha value is 0.100. The van der Waals surface area contributed by atoms with Crippen LogP contribution in [0.4, 0.5) is 0 Å². The Morgan fingerprint density at radius 2 is 0.906 bits per heavy atom. The minimum Gasteiger partial charge on any atom is -0.394 e. The fraction of sp³-hybridized carbons (Fsp3) is 1.00. The van der Waals surface area contributed by atoms with Gasteiger partial charge in [0.15, 0.2) is 0 Å². The van der Waals surface area contributed by atoms with Gasteiger partial charge in [-0.2, -0.15) is 0 Å². The molecule has 12 nitrogen and oxygen atoms in total. The molecular formula is C18H40Cl2N2O10. The number of hydrogen-bond donors (Lipinski definition) is 11. The lowest BCUT2D eigenvalue weighted by atomic mass is 9.89. The second-order valence-electron chi connectivity index (χ2n) is 8.12. The van der Waals surface area contributed by atoms with Crippen molar-refractivity contribution < 1.29 is 51.1 Å². The third-order valence-corrected chi connectivity index (χ3v) is 5.75. The summed E-state index contributed by atoms with van der Waals surface area (Å²) >= 11 is 0. The summed E-state index contributed by atoms with van der Waals surface area (Å²) in [6.45, 7) is -2.13. The summed E-state index contributed by atoms with van der Waals surface area (Å²) in [7, 11) is 0. The summed E-state index contributed by atoms with van der Waals surface area (Å²) in [4.78, 5) is 1.57. The van der Waals surface area contributed by atoms with Crippen LogP contribution in [0.1, 0.15) is 25.7 Å². The molecule has 0 aromatic heterocycles. The Morgan fingerprint density at radius 1 is 0.594 bits per heavy atom. The van der Waals surface area contributed by atoms with Gasteiger partial charge in [0.1, 0.15) is 36.6 Å². The van der Waals surface area contributed by atoms with Gasteiger partial charge in [0.2, 0.25) is 0 Å². The molecule has 0 unspecified atom stereocenters. The molecule has 1 fully saturated rings. The Kier molecular flexibility index (Phi) is 17.9. The van der Waals surface area contributed by atoms with Crippen LogP contribution in [0.5, 0.6) is 0 Å². The zero-order valence-corrected chi connectivity index (χ0v) is 19.4. The molecule has 0 aliphatic heterocycles. The lowest BCUT2D eigenvalue weighted by Gasteiger charge is -2.40. The van der Waals surface area contributed by atoms with Gasteiger partial charge < -0.3 is 56.8 Å². The molecule has 0 heterocycles. The molecule has 0 aromatic rings. The van der Waals surface area contributed by atoms with Crippen LogP contribution >= 0.6 is 24.8 Å². The molecule has 1 aliphatic rings. The van der Waals surface area contributed by atoms with E-state index in [-0.39, 0.29) is 50.0 Å². The Balaban J connectivity index is 0. The molecule has 14 heteroatoms. The van der Waals surface area contributed by atoms with Gasteiger partial charge in [0.05, 0.1) is 25.4 Å². The largest absolute Gasteiger partial charge is 0.394 e. The van der Waals surface area contributed by atoms with Gasteiger partial charge in [-0.1, -0.05) is 0 Å². The molecule has 8 atom stereocenters. The summed E-state index contributed by atoms with van der Waals surface area (Å²) < 4.78 is 0. The number of nitrogens with zero attached hydrogens (tertiary/aromatic N) is 1. The normalized spacial score (nSPS) is 26.6. The average molecular weight is 515 g/mol. The van der Waals surface area contributed by atoms with E-state index >= 15 is 0 Å². The minimum atomic E-state index is -1.80. The van der Waals surface area contributed by atoms with E-state index < -0.39 is 62.0 Å². The number of halogens is 2. The highest BCUT2D eigenvalue weighted by molar-refractivity contribution is 5.85. The maximum atomic E-state index is 10.3. The predicted octanol–water partition coefficient (Wildman–Crippen LogP) is -4.73. The molecular weight excluding hydrogens is 475 g/mol. The fourth-order valence-electron chi connectivity index (χ4n) is 3.66. The van der Waals surface area contributed by atoms with Gasteiger partial charge in [-0.05, 0) is 25.7 Å². The highest BCUT2D eigenvalue weighted by Gasteiger charge is 2.36. The molecule has 0 aromatic carbocycles. The van der Waals surface area contributed by atoms with Gasteiger partial charge in [0.25, 0.3) is 0 Å². The summed E-state index contributed by atoms with van der Waals surface area (Å²) in [5, 5.41) is 97.2. The highest BCUT2D eigenvalue weighted by Crippen LogP contribution is 2.24. The smallest absolute Gasteiger partial charge is 0.111 e. The van der Waals surface area contributed by atoms with E-state index in [1.807, 2.05) is 0 Å². The third-order valence-electron chi connectivity index (χ3n) is 5.75. The Labute approximate surface area is 199 Å². The van der Waals surface area contributed by atoms with Crippen LogP contribution in [0.3, 0.4) is 0 Å². The van der Waals surface area contributed by atoms with Crippen molar-refractivity contribution in [3.8, 4) is 0 Å². The van der Waals surface area contributed by atoms with Crippen molar-refractivity contribution in [2.24, 2.45) is 5.73 Å². The molecule has 0 saturated heterocycles. The molecule has 32 heavy (non-hydrogen) atoms. The van der Waals surface area contributed by atoms with Gasteiger partial charge in [-0.25, -0.2) is 0 Å². The van der Waals surface area contributed by atoms with E-state index in [4.69, 9.17) is 15.9 Å². The van der Waals surface area contributed by atoms with E-state index in [2.05, 4.69) is 0 Å². The number of nitrogens with two attached hydrogens (primary N) is 1. The van der Waals surface area contributed by atoms with Crippen LogP contribution in [0.15, 0.2) is 0 Å². The summed E-state index contributed by atoms with van der Waals surface area (Å²) in [5.74, 6) is 0. The van der Waals surface area contributed by atoms with Crippen molar-refractivity contribution in [2.75, 3.05) is 26.3 Å². The van der Waals surface area contributed by atoms with Crippen LogP contribution < -0.4 is 5.73 Å². The molecule has 0 amide bonds. The molecule has 196 valence electrons. The number of aliphatic hydroxyl groups is 10. The average Bonchev–Trinajstić information content (AvgIpc) is 2.75. The third kappa shape index (κ3) is 10.2. The van der Waals surface area contributed by atoms with Crippen LogP contribution in [0.25, 0.3) is 0 Å². The van der Waals surface area contributed by atoms with Crippen LogP contribution in [0.2, 0.25) is 0 Å². The zero-order chi connectivity index (χ0) is 23.0. The molecule has 0 spiro atoms. The second-order valence-corrected chi connectivity index (χ2v) is 8.12. The van der Waals surface area contributed by atoms with Crippen molar-refractivity contribution >= 4 is 24.8 Å². The lowest BCUT2D eigenvalue weighted by Crippen LogP contribution is -2.55. The first-order valence-corrected chi connectivity index (χ1v) is 10.2. The second kappa shape index (κ2) is 16.7. The quantitative estimate of drug-likeness (QED) is 0.111. The fourth-order valence-corrected chi connectivity index (χ4v) is 3.66. The monoisotopic (exact) mass is 514 g/mol. The van der Waals surface area contributed by atoms with Gasteiger partial charge >= 0.3 is 0 Å². The van der Waals surface area contributed by atoms with E-state index in [1.165, 1.54) is 0 Å². The minimum absolute atomic E-state index is 0. The van der Waals surface area contributed by atoms with E-state index in [9.17, 15) is 40.9 Å². The van der Waals surface area contributed by atoms with Gasteiger partial charge in [-0.15, -0.1) is 24.8 Å². The van der Waals surface area contributed by atoms with Crippen molar-refractivity contribution in [1.29, 1.82) is 0 Å². The summed E-state index contributed by atoms with van der Waals surface area (Å²) in [6, 6.07) is -0.175. The first-order valence-electron chi connectivity index (χ1n) is 10.2. The standard InChI is InChI=1S/C18H38N2O10.2ClH/c19-9-1-3-10(4-2-9)20(5-11(23)15(27)17(29)13(25)7-21)6-12(24)16(28)18(30)14(26)8-22;;/h9-18,21-30H,1-8,19H2;2*1H/t9?,10?,11-,12-,13-,14+,15+,16+,17+,18+;;/m0../s1. The first kappa shape index (κ1) is 34.3. The number of hydrogen-bond acceptors (Lipinski definition) is 12. The zero-order valence-electron chi connectivity index (χ0n) is 17.7. The maximum Gasteiger partial charge on any atom is 0.111 e. The molecule has 1 rings (SSSR count). The van der Waals surface area contributed by atoms with Gasteiger partial charge in [-0.3, -0.25) is 4.90 Å². The predicted molar refractivity (Wildman–Crippen MR) is 119 cm³/mol.